The van der Waals surface area contributed by atoms with Crippen LogP contribution in [-0.4, -0.2) is 40.6 Å². The molecule has 1 aromatic carbocycles. The Morgan fingerprint density at radius 1 is 1.44 bits per heavy atom. The lowest BCUT2D eigenvalue weighted by molar-refractivity contribution is -0.128. The number of carbonyl (C=O) groups excluding carboxylic acids is 2. The third kappa shape index (κ3) is 4.33. The van der Waals surface area contributed by atoms with Crippen LogP contribution in [-0.2, 0) is 27.5 Å². The first-order chi connectivity index (χ1) is 12.1. The van der Waals surface area contributed by atoms with Crippen molar-refractivity contribution in [2.45, 2.75) is 19.6 Å². The van der Waals surface area contributed by atoms with Gasteiger partial charge in [0.25, 0.3) is 0 Å². The number of aromatic nitrogens is 2. The number of methoxy groups -OCH3 is 1. The van der Waals surface area contributed by atoms with Crippen molar-refractivity contribution in [3.63, 3.8) is 0 Å². The van der Waals surface area contributed by atoms with Crippen LogP contribution in [0.1, 0.15) is 17.0 Å². The largest absolute Gasteiger partial charge is 0.377 e. The summed E-state index contributed by atoms with van der Waals surface area (Å²) in [6.45, 7) is 1.11. The zero-order valence-corrected chi connectivity index (χ0v) is 15.1. The molecule has 1 N–H and O–H groups in total. The van der Waals surface area contributed by atoms with Crippen LogP contribution < -0.4 is 5.32 Å². The minimum absolute atomic E-state index is 0.0580. The van der Waals surface area contributed by atoms with E-state index in [1.165, 1.54) is 11.3 Å². The van der Waals surface area contributed by atoms with Gasteiger partial charge in [-0.1, -0.05) is 41.1 Å². The second-order valence-corrected chi connectivity index (χ2v) is 7.16. The molecule has 0 bridgehead atoms. The van der Waals surface area contributed by atoms with Gasteiger partial charge in [0, 0.05) is 31.6 Å². The van der Waals surface area contributed by atoms with E-state index in [1.54, 1.807) is 18.1 Å². The number of anilines is 1. The van der Waals surface area contributed by atoms with Gasteiger partial charge >= 0.3 is 0 Å². The number of amides is 2. The fraction of sp³-hybridized carbons (Fsp3) is 0.375. The predicted molar refractivity (Wildman–Crippen MR) is 94.2 cm³/mol. The van der Waals surface area contributed by atoms with Gasteiger partial charge in [0.2, 0.25) is 16.9 Å². The Labute approximate surface area is 153 Å². The summed E-state index contributed by atoms with van der Waals surface area (Å²) in [5, 5.41) is 12.3. The maximum absolute atomic E-state index is 12.4. The molecule has 132 valence electrons. The van der Waals surface area contributed by atoms with Crippen molar-refractivity contribution in [2.75, 3.05) is 19.0 Å². The number of rotatable bonds is 6. The molecule has 7 nitrogen and oxygen atoms in total. The summed E-state index contributed by atoms with van der Waals surface area (Å²) in [5.74, 6) is -0.697. The number of carbonyl (C=O) groups is 2. The minimum Gasteiger partial charge on any atom is -0.377 e. The van der Waals surface area contributed by atoms with E-state index in [2.05, 4.69) is 15.5 Å². The third-order valence-corrected chi connectivity index (χ3v) is 5.05. The molecule has 1 atom stereocenters. The van der Waals surface area contributed by atoms with Crippen molar-refractivity contribution in [2.24, 2.45) is 5.92 Å². The lowest BCUT2D eigenvalue weighted by atomic mass is 10.1. The number of hydrogen-bond acceptors (Lipinski definition) is 6. The average Bonchev–Trinajstić information content (AvgIpc) is 3.17. The third-order valence-electron chi connectivity index (χ3n) is 3.87. The molecule has 0 spiro atoms. The maximum Gasteiger partial charge on any atom is 0.231 e. The van der Waals surface area contributed by atoms with Crippen molar-refractivity contribution in [1.82, 2.24) is 15.1 Å². The Bertz CT molecular complexity index is 782. The number of ether oxygens (including phenoxy) is 1. The Morgan fingerprint density at radius 3 is 3.00 bits per heavy atom. The number of nitrogens with zero attached hydrogens (tertiary/aromatic N) is 3. The minimum atomic E-state index is -0.412. The molecule has 1 saturated heterocycles. The average molecular weight is 381 g/mol. The molecule has 2 amide bonds. The SMILES string of the molecule is COCc1nnc(NC(=O)C2CC(=O)N(Cc3ccccc3Cl)C2)s1. The zero-order chi connectivity index (χ0) is 17.8. The van der Waals surface area contributed by atoms with E-state index in [0.29, 0.717) is 34.9 Å². The van der Waals surface area contributed by atoms with Gasteiger partial charge in [-0.2, -0.15) is 0 Å². The molecular weight excluding hydrogens is 364 g/mol. The van der Waals surface area contributed by atoms with E-state index in [1.807, 2.05) is 18.2 Å². The lowest BCUT2D eigenvalue weighted by Gasteiger charge is -2.17. The fourth-order valence-corrected chi connectivity index (χ4v) is 3.54. The van der Waals surface area contributed by atoms with E-state index >= 15 is 0 Å². The second-order valence-electron chi connectivity index (χ2n) is 5.69. The van der Waals surface area contributed by atoms with E-state index in [9.17, 15) is 9.59 Å². The first-order valence-electron chi connectivity index (χ1n) is 7.70. The molecular formula is C16H17ClN4O3S. The predicted octanol–water partition coefficient (Wildman–Crippen LogP) is 2.33. The number of nitrogens with one attached hydrogen (secondary N) is 1. The van der Waals surface area contributed by atoms with Gasteiger partial charge in [-0.3, -0.25) is 9.59 Å². The van der Waals surface area contributed by atoms with Gasteiger partial charge in [0.15, 0.2) is 0 Å². The smallest absolute Gasteiger partial charge is 0.231 e. The van der Waals surface area contributed by atoms with Crippen molar-refractivity contribution in [3.8, 4) is 0 Å². The topological polar surface area (TPSA) is 84.4 Å². The van der Waals surface area contributed by atoms with Crippen LogP contribution in [0, 0.1) is 5.92 Å². The van der Waals surface area contributed by atoms with Crippen molar-refractivity contribution in [3.05, 3.63) is 39.9 Å². The summed E-state index contributed by atoms with van der Waals surface area (Å²) >= 11 is 7.40. The van der Waals surface area contributed by atoms with Crippen molar-refractivity contribution in [1.29, 1.82) is 0 Å². The van der Waals surface area contributed by atoms with Crippen LogP contribution in [0.25, 0.3) is 0 Å². The summed E-state index contributed by atoms with van der Waals surface area (Å²) in [6.07, 6.45) is 0.181. The maximum atomic E-state index is 12.4. The van der Waals surface area contributed by atoms with E-state index in [0.717, 1.165) is 5.56 Å². The molecule has 2 heterocycles. The van der Waals surface area contributed by atoms with Gasteiger partial charge < -0.3 is 15.0 Å². The van der Waals surface area contributed by atoms with Crippen LogP contribution in [0.15, 0.2) is 24.3 Å². The van der Waals surface area contributed by atoms with Gasteiger partial charge in [-0.05, 0) is 11.6 Å². The first kappa shape index (κ1) is 17.8. The summed E-state index contributed by atoms with van der Waals surface area (Å²) < 4.78 is 4.97. The highest BCUT2D eigenvalue weighted by Crippen LogP contribution is 2.25. The molecule has 0 saturated carbocycles. The Morgan fingerprint density at radius 2 is 2.24 bits per heavy atom. The summed E-state index contributed by atoms with van der Waals surface area (Å²) in [4.78, 5) is 26.2. The van der Waals surface area contributed by atoms with E-state index in [-0.39, 0.29) is 18.2 Å². The lowest BCUT2D eigenvalue weighted by Crippen LogP contribution is -2.28. The molecule has 3 rings (SSSR count). The number of hydrogen-bond donors (Lipinski definition) is 1. The Balaban J connectivity index is 1.59. The van der Waals surface area contributed by atoms with Crippen LogP contribution in [0.3, 0.4) is 0 Å². The number of likely N-dealkylation sites (tertiary alicyclic amines) is 1. The van der Waals surface area contributed by atoms with E-state index in [4.69, 9.17) is 16.3 Å². The van der Waals surface area contributed by atoms with Gasteiger partial charge in [-0.25, -0.2) is 0 Å². The Kier molecular flexibility index (Phi) is 5.62. The summed E-state index contributed by atoms with van der Waals surface area (Å²) in [6, 6.07) is 7.38. The first-order valence-corrected chi connectivity index (χ1v) is 8.89. The molecule has 25 heavy (non-hydrogen) atoms. The monoisotopic (exact) mass is 380 g/mol. The molecule has 1 aliphatic heterocycles. The molecule has 1 aliphatic rings. The summed E-state index contributed by atoms with van der Waals surface area (Å²) in [7, 11) is 1.57. The second kappa shape index (κ2) is 7.90. The van der Waals surface area contributed by atoms with E-state index < -0.39 is 5.92 Å². The molecule has 0 radical (unpaired) electrons. The van der Waals surface area contributed by atoms with Crippen molar-refractivity contribution >= 4 is 39.9 Å². The van der Waals surface area contributed by atoms with Crippen LogP contribution in [0.5, 0.6) is 0 Å². The van der Waals surface area contributed by atoms with Crippen LogP contribution in [0.2, 0.25) is 5.02 Å². The number of benzene rings is 1. The zero-order valence-electron chi connectivity index (χ0n) is 13.6. The molecule has 0 aliphatic carbocycles. The molecule has 9 heteroatoms. The van der Waals surface area contributed by atoms with Gasteiger partial charge in [0.1, 0.15) is 11.6 Å². The number of halogens is 1. The molecule has 1 unspecified atom stereocenters. The van der Waals surface area contributed by atoms with Gasteiger partial charge in [-0.15, -0.1) is 10.2 Å². The van der Waals surface area contributed by atoms with Crippen LogP contribution in [0.4, 0.5) is 5.13 Å². The molecule has 1 fully saturated rings. The summed E-state index contributed by atoms with van der Waals surface area (Å²) in [5.41, 5.74) is 0.868. The normalized spacial score (nSPS) is 17.1. The van der Waals surface area contributed by atoms with Crippen LogP contribution >= 0.6 is 22.9 Å². The standard InChI is InChI=1S/C16H17ClN4O3S/c1-24-9-13-19-20-16(25-13)18-15(23)11-6-14(22)21(8-11)7-10-4-2-3-5-12(10)17/h2-5,11H,6-9H2,1H3,(H,18,20,23). The van der Waals surface area contributed by atoms with Gasteiger partial charge in [0.05, 0.1) is 5.92 Å². The highest BCUT2D eigenvalue weighted by atomic mass is 35.5. The quantitative estimate of drug-likeness (QED) is 0.831. The molecule has 1 aromatic heterocycles. The highest BCUT2D eigenvalue weighted by Gasteiger charge is 2.34. The fourth-order valence-electron chi connectivity index (χ4n) is 2.63. The Hall–Kier alpha value is -2.03. The molecule has 2 aromatic rings. The highest BCUT2D eigenvalue weighted by molar-refractivity contribution is 7.15. The van der Waals surface area contributed by atoms with Crippen molar-refractivity contribution < 1.29 is 14.3 Å².